The van der Waals surface area contributed by atoms with Crippen molar-refractivity contribution in [1.29, 1.82) is 0 Å². The maximum absolute atomic E-state index is 13.7. The molecule has 0 saturated heterocycles. The van der Waals surface area contributed by atoms with E-state index in [9.17, 15) is 4.79 Å². The minimum Gasteiger partial charge on any atom is -0.291 e. The Morgan fingerprint density at radius 1 is 0.541 bits per heavy atom. The van der Waals surface area contributed by atoms with Crippen LogP contribution in [0.15, 0.2) is 167 Å². The maximum Gasteiger partial charge on any atom is 0.258 e. The van der Waals surface area contributed by atoms with Crippen LogP contribution in [0.5, 0.6) is 0 Å². The third kappa shape index (κ3) is 5.44. The summed E-state index contributed by atoms with van der Waals surface area (Å²) in [7, 11) is -2.47. The van der Waals surface area contributed by atoms with Gasteiger partial charge in [0.25, 0.3) is 5.91 Å². The maximum atomic E-state index is 13.7. The van der Waals surface area contributed by atoms with E-state index in [0.717, 1.165) is 10.3 Å². The van der Waals surface area contributed by atoms with E-state index in [1.54, 1.807) is 11.8 Å². The Kier molecular flexibility index (Phi) is 7.96. The van der Waals surface area contributed by atoms with Crippen LogP contribution in [0, 0.1) is 0 Å². The SMILES string of the molecule is O=C(NC(=CSc1ccccc1)[P+](c1ccccc1)(c1ccccc1)c1ccccc1)c1ccccc1. The number of rotatable bonds is 8. The summed E-state index contributed by atoms with van der Waals surface area (Å²) in [6, 6.07) is 51.4. The zero-order chi connectivity index (χ0) is 25.3. The third-order valence-electron chi connectivity index (χ3n) is 6.12. The first-order valence-electron chi connectivity index (χ1n) is 12.1. The van der Waals surface area contributed by atoms with Gasteiger partial charge in [0, 0.05) is 15.9 Å². The predicted octanol–water partition coefficient (Wildman–Crippen LogP) is 7.00. The van der Waals surface area contributed by atoms with Gasteiger partial charge in [0.05, 0.1) is 0 Å². The molecule has 180 valence electrons. The highest BCUT2D eigenvalue weighted by Gasteiger charge is 2.50. The monoisotopic (exact) mass is 516 g/mol. The van der Waals surface area contributed by atoms with Gasteiger partial charge in [0.1, 0.15) is 15.9 Å². The van der Waals surface area contributed by atoms with E-state index in [1.807, 2.05) is 66.7 Å². The lowest BCUT2D eigenvalue weighted by Gasteiger charge is -2.29. The van der Waals surface area contributed by atoms with Gasteiger partial charge in [0.15, 0.2) is 12.7 Å². The van der Waals surface area contributed by atoms with Crippen molar-refractivity contribution in [2.45, 2.75) is 4.90 Å². The van der Waals surface area contributed by atoms with Crippen molar-refractivity contribution in [2.24, 2.45) is 0 Å². The van der Waals surface area contributed by atoms with Crippen LogP contribution in [-0.2, 0) is 0 Å². The molecule has 1 amide bonds. The van der Waals surface area contributed by atoms with Crippen LogP contribution < -0.4 is 21.2 Å². The topological polar surface area (TPSA) is 29.1 Å². The van der Waals surface area contributed by atoms with Gasteiger partial charge >= 0.3 is 0 Å². The molecule has 5 aromatic carbocycles. The Bertz CT molecular complexity index is 1360. The van der Waals surface area contributed by atoms with E-state index in [1.165, 1.54) is 15.9 Å². The number of hydrogen-bond donors (Lipinski definition) is 1. The van der Waals surface area contributed by atoms with Crippen LogP contribution in [0.2, 0.25) is 0 Å². The van der Waals surface area contributed by atoms with Crippen molar-refractivity contribution in [3.8, 4) is 0 Å². The van der Waals surface area contributed by atoms with Crippen LogP contribution in [0.3, 0.4) is 0 Å². The average molecular weight is 517 g/mol. The van der Waals surface area contributed by atoms with E-state index >= 15 is 0 Å². The lowest BCUT2D eigenvalue weighted by molar-refractivity contribution is 0.0968. The Balaban J connectivity index is 1.77. The zero-order valence-electron chi connectivity index (χ0n) is 20.3. The minimum absolute atomic E-state index is 0.118. The molecule has 0 atom stereocenters. The molecule has 1 N–H and O–H groups in total. The molecule has 0 spiro atoms. The van der Waals surface area contributed by atoms with E-state index in [0.29, 0.717) is 5.56 Å². The Morgan fingerprint density at radius 3 is 1.35 bits per heavy atom. The van der Waals surface area contributed by atoms with E-state index < -0.39 is 7.26 Å². The second-order valence-electron chi connectivity index (χ2n) is 8.43. The number of carbonyl (C=O) groups excluding carboxylic acids is 1. The van der Waals surface area contributed by atoms with Crippen LogP contribution in [0.4, 0.5) is 0 Å². The first-order chi connectivity index (χ1) is 18.3. The number of hydrogen-bond acceptors (Lipinski definition) is 2. The Morgan fingerprint density at radius 2 is 0.919 bits per heavy atom. The Hall–Kier alpha value is -3.91. The molecule has 0 heterocycles. The molecular weight excluding hydrogens is 489 g/mol. The molecule has 4 heteroatoms. The highest BCUT2D eigenvalue weighted by Crippen LogP contribution is 2.62. The zero-order valence-corrected chi connectivity index (χ0v) is 22.0. The smallest absolute Gasteiger partial charge is 0.258 e. The van der Waals surface area contributed by atoms with Crippen molar-refractivity contribution in [1.82, 2.24) is 5.32 Å². The highest BCUT2D eigenvalue weighted by molar-refractivity contribution is 8.04. The molecule has 0 bridgehead atoms. The van der Waals surface area contributed by atoms with Gasteiger partial charge in [-0.2, -0.15) is 0 Å². The lowest BCUT2D eigenvalue weighted by Crippen LogP contribution is -2.38. The molecule has 0 aromatic heterocycles. The van der Waals surface area contributed by atoms with Gasteiger partial charge in [-0.25, -0.2) is 0 Å². The van der Waals surface area contributed by atoms with E-state index in [2.05, 4.69) is 95.7 Å². The molecular formula is C33H27NOPS+. The molecule has 37 heavy (non-hydrogen) atoms. The molecule has 0 unspecified atom stereocenters. The summed E-state index contributed by atoms with van der Waals surface area (Å²) < 4.78 is 0. The summed E-state index contributed by atoms with van der Waals surface area (Å²) in [5.41, 5.74) is 1.53. The van der Waals surface area contributed by atoms with Gasteiger partial charge in [-0.05, 0) is 60.7 Å². The van der Waals surface area contributed by atoms with Crippen molar-refractivity contribution in [3.05, 3.63) is 168 Å². The van der Waals surface area contributed by atoms with Crippen LogP contribution in [0.25, 0.3) is 0 Å². The second kappa shape index (κ2) is 11.9. The van der Waals surface area contributed by atoms with Crippen LogP contribution >= 0.6 is 19.0 Å². The molecule has 2 nitrogen and oxygen atoms in total. The summed E-state index contributed by atoms with van der Waals surface area (Å²) in [6.07, 6.45) is 0. The summed E-state index contributed by atoms with van der Waals surface area (Å²) >= 11 is 1.63. The number of amides is 1. The van der Waals surface area contributed by atoms with Gasteiger partial charge in [-0.3, -0.25) is 10.1 Å². The quantitative estimate of drug-likeness (QED) is 0.178. The largest absolute Gasteiger partial charge is 0.291 e. The van der Waals surface area contributed by atoms with Crippen LogP contribution in [0.1, 0.15) is 10.4 Å². The molecule has 0 radical (unpaired) electrons. The van der Waals surface area contributed by atoms with Crippen molar-refractivity contribution in [3.63, 3.8) is 0 Å². The standard InChI is InChI=1S/C33H26NOPS/c35-33(27-16-6-1-7-17-27)34-32(26-37-31-24-14-5-15-25-31)36(28-18-8-2-9-19-28,29-20-10-3-11-21-29)30-22-12-4-13-23-30/h1-26H/p+1. The fraction of sp³-hybridized carbons (Fsp3) is 0. The molecule has 5 aromatic rings. The third-order valence-corrected chi connectivity index (χ3v) is 11.4. The molecule has 0 aliphatic rings. The van der Waals surface area contributed by atoms with E-state index in [4.69, 9.17) is 0 Å². The highest BCUT2D eigenvalue weighted by atomic mass is 32.2. The number of carbonyl (C=O) groups is 1. The normalized spacial score (nSPS) is 11.6. The molecule has 5 rings (SSSR count). The fourth-order valence-electron chi connectivity index (χ4n) is 4.41. The van der Waals surface area contributed by atoms with Gasteiger partial charge < -0.3 is 0 Å². The average Bonchev–Trinajstić information content (AvgIpc) is 2.99. The molecule has 0 fully saturated rings. The summed E-state index contributed by atoms with van der Waals surface area (Å²) in [5, 5.41) is 9.07. The van der Waals surface area contributed by atoms with Crippen molar-refractivity contribution < 1.29 is 4.79 Å². The lowest BCUT2D eigenvalue weighted by atomic mass is 10.2. The minimum atomic E-state index is -2.47. The summed E-state index contributed by atoms with van der Waals surface area (Å²) in [5.74, 6) is -0.118. The Labute approximate surface area is 223 Å². The van der Waals surface area contributed by atoms with E-state index in [-0.39, 0.29) is 5.91 Å². The second-order valence-corrected chi connectivity index (χ2v) is 12.7. The van der Waals surface area contributed by atoms with Crippen molar-refractivity contribution >= 4 is 40.8 Å². The van der Waals surface area contributed by atoms with Crippen molar-refractivity contribution in [2.75, 3.05) is 0 Å². The summed E-state index contributed by atoms with van der Waals surface area (Å²) in [4.78, 5) is 14.8. The first-order valence-corrected chi connectivity index (χ1v) is 14.8. The number of thioether (sulfide) groups is 1. The predicted molar refractivity (Wildman–Crippen MR) is 159 cm³/mol. The fourth-order valence-corrected chi connectivity index (χ4v) is 9.68. The van der Waals surface area contributed by atoms with Gasteiger partial charge in [0.2, 0.25) is 0 Å². The molecule has 0 aliphatic heterocycles. The summed E-state index contributed by atoms with van der Waals surface area (Å²) in [6.45, 7) is 0. The van der Waals surface area contributed by atoms with Crippen LogP contribution in [-0.4, -0.2) is 5.91 Å². The molecule has 0 saturated carbocycles. The van der Waals surface area contributed by atoms with Gasteiger partial charge in [-0.15, -0.1) is 0 Å². The molecule has 0 aliphatic carbocycles. The first kappa shape index (κ1) is 24.8. The number of benzene rings is 5. The number of nitrogens with one attached hydrogen (secondary N) is 1. The van der Waals surface area contributed by atoms with Gasteiger partial charge in [-0.1, -0.05) is 103 Å².